The molecule has 3 nitrogen and oxygen atoms in total. The highest BCUT2D eigenvalue weighted by atomic mass is 15.2. The minimum Gasteiger partial charge on any atom is -0.383 e. The Balaban J connectivity index is 1.88. The van der Waals surface area contributed by atoms with Gasteiger partial charge >= 0.3 is 0 Å². The van der Waals surface area contributed by atoms with E-state index >= 15 is 0 Å². The fourth-order valence-electron chi connectivity index (χ4n) is 2.56. The minimum atomic E-state index is 0.200. The molecule has 2 rings (SSSR count). The molecule has 0 aliphatic carbocycles. The van der Waals surface area contributed by atoms with E-state index in [4.69, 9.17) is 0 Å². The summed E-state index contributed by atoms with van der Waals surface area (Å²) in [6.07, 6.45) is 1.10. The Labute approximate surface area is 117 Å². The molecule has 1 aliphatic heterocycles. The average molecular weight is 261 g/mol. The van der Waals surface area contributed by atoms with E-state index < -0.39 is 0 Å². The predicted molar refractivity (Wildman–Crippen MR) is 82.8 cm³/mol. The van der Waals surface area contributed by atoms with Crippen molar-refractivity contribution >= 4 is 5.69 Å². The average Bonchev–Trinajstić information content (AvgIpc) is 2.47. The van der Waals surface area contributed by atoms with Crippen molar-refractivity contribution in [3.8, 4) is 0 Å². The third-order valence-corrected chi connectivity index (χ3v) is 4.06. The zero-order valence-corrected chi connectivity index (χ0v) is 12.5. The molecule has 1 aromatic carbocycles. The van der Waals surface area contributed by atoms with Crippen molar-refractivity contribution in [3.05, 3.63) is 29.8 Å². The largest absolute Gasteiger partial charge is 0.383 e. The van der Waals surface area contributed by atoms with Crippen LogP contribution in [0.3, 0.4) is 0 Å². The summed E-state index contributed by atoms with van der Waals surface area (Å²) in [5.41, 5.74) is 2.82. The van der Waals surface area contributed by atoms with E-state index in [0.29, 0.717) is 0 Å². The van der Waals surface area contributed by atoms with Crippen LogP contribution in [0.2, 0.25) is 0 Å². The van der Waals surface area contributed by atoms with Crippen molar-refractivity contribution in [1.82, 2.24) is 10.2 Å². The maximum absolute atomic E-state index is 3.57. The van der Waals surface area contributed by atoms with Crippen molar-refractivity contribution in [2.45, 2.75) is 32.7 Å². The molecule has 3 heteroatoms. The van der Waals surface area contributed by atoms with Crippen LogP contribution in [0.15, 0.2) is 24.3 Å². The Morgan fingerprint density at radius 3 is 2.37 bits per heavy atom. The van der Waals surface area contributed by atoms with Gasteiger partial charge in [-0.15, -0.1) is 0 Å². The molecule has 19 heavy (non-hydrogen) atoms. The summed E-state index contributed by atoms with van der Waals surface area (Å²) in [6.45, 7) is 12.3. The van der Waals surface area contributed by atoms with Crippen LogP contribution in [0.5, 0.6) is 0 Å². The maximum Gasteiger partial charge on any atom is 0.0340 e. The lowest BCUT2D eigenvalue weighted by molar-refractivity contribution is 0.114. The van der Waals surface area contributed by atoms with Gasteiger partial charge in [0.05, 0.1) is 0 Å². The summed E-state index contributed by atoms with van der Waals surface area (Å²) >= 11 is 0. The standard InChI is InChI=1S/C16H27N3/c1-4-14-5-7-15(8-6-14)18-13-16(2,3)19-11-9-17-10-12-19/h5-8,17-18H,4,9-13H2,1-3H3. The maximum atomic E-state index is 3.57. The Hall–Kier alpha value is -1.06. The zero-order chi connectivity index (χ0) is 13.7. The molecule has 0 atom stereocenters. The van der Waals surface area contributed by atoms with Gasteiger partial charge in [-0.3, -0.25) is 4.90 Å². The molecule has 0 bridgehead atoms. The van der Waals surface area contributed by atoms with Crippen LogP contribution in [-0.4, -0.2) is 43.2 Å². The Kier molecular flexibility index (Phi) is 4.83. The van der Waals surface area contributed by atoms with Gasteiger partial charge in [-0.25, -0.2) is 0 Å². The van der Waals surface area contributed by atoms with Crippen LogP contribution in [0, 0.1) is 0 Å². The molecule has 1 fully saturated rings. The van der Waals surface area contributed by atoms with Gasteiger partial charge in [-0.05, 0) is 38.0 Å². The summed E-state index contributed by atoms with van der Waals surface area (Å²) < 4.78 is 0. The summed E-state index contributed by atoms with van der Waals surface area (Å²) in [4.78, 5) is 2.57. The quantitative estimate of drug-likeness (QED) is 0.852. The van der Waals surface area contributed by atoms with Crippen LogP contribution in [0.1, 0.15) is 26.3 Å². The van der Waals surface area contributed by atoms with Crippen molar-refractivity contribution in [2.75, 3.05) is 38.0 Å². The normalized spacial score (nSPS) is 17.4. The second kappa shape index (κ2) is 6.40. The number of rotatable bonds is 5. The highest BCUT2D eigenvalue weighted by Crippen LogP contribution is 2.17. The predicted octanol–water partition coefficient (Wildman–Crippen LogP) is 2.34. The van der Waals surface area contributed by atoms with Crippen molar-refractivity contribution in [3.63, 3.8) is 0 Å². The smallest absolute Gasteiger partial charge is 0.0340 e. The lowest BCUT2D eigenvalue weighted by atomic mass is 10.0. The Morgan fingerprint density at radius 1 is 1.16 bits per heavy atom. The number of hydrogen-bond acceptors (Lipinski definition) is 3. The van der Waals surface area contributed by atoms with Gasteiger partial charge in [0.1, 0.15) is 0 Å². The lowest BCUT2D eigenvalue weighted by Crippen LogP contribution is -2.56. The first-order valence-corrected chi connectivity index (χ1v) is 7.40. The molecule has 0 spiro atoms. The number of nitrogens with one attached hydrogen (secondary N) is 2. The van der Waals surface area contributed by atoms with Crippen LogP contribution in [0.25, 0.3) is 0 Å². The molecular weight excluding hydrogens is 234 g/mol. The molecular formula is C16H27N3. The van der Waals surface area contributed by atoms with Crippen LogP contribution in [-0.2, 0) is 6.42 Å². The highest BCUT2D eigenvalue weighted by molar-refractivity contribution is 5.45. The van der Waals surface area contributed by atoms with E-state index in [-0.39, 0.29) is 5.54 Å². The summed E-state index contributed by atoms with van der Waals surface area (Å²) in [5, 5.41) is 6.98. The molecule has 1 aliphatic rings. The number of hydrogen-bond donors (Lipinski definition) is 2. The summed E-state index contributed by atoms with van der Waals surface area (Å²) in [6, 6.07) is 8.79. The van der Waals surface area contributed by atoms with Crippen molar-refractivity contribution in [1.29, 1.82) is 0 Å². The Bertz CT molecular complexity index is 377. The van der Waals surface area contributed by atoms with Gasteiger partial charge in [0.15, 0.2) is 0 Å². The number of piperazine rings is 1. The molecule has 0 amide bonds. The minimum absolute atomic E-state index is 0.200. The summed E-state index contributed by atoms with van der Waals surface area (Å²) in [5.74, 6) is 0. The molecule has 1 aromatic rings. The highest BCUT2D eigenvalue weighted by Gasteiger charge is 2.27. The number of benzene rings is 1. The molecule has 0 saturated carbocycles. The molecule has 1 saturated heterocycles. The molecule has 106 valence electrons. The Morgan fingerprint density at radius 2 is 1.79 bits per heavy atom. The zero-order valence-electron chi connectivity index (χ0n) is 12.5. The van der Waals surface area contributed by atoms with E-state index in [2.05, 4.69) is 60.6 Å². The molecule has 0 unspecified atom stereocenters. The van der Waals surface area contributed by atoms with Crippen LogP contribution >= 0.6 is 0 Å². The first kappa shape index (κ1) is 14.4. The molecule has 2 N–H and O–H groups in total. The third kappa shape index (κ3) is 3.95. The lowest BCUT2D eigenvalue weighted by Gasteiger charge is -2.41. The first-order chi connectivity index (χ1) is 9.12. The molecule has 0 radical (unpaired) electrons. The molecule has 1 heterocycles. The van der Waals surface area contributed by atoms with Gasteiger partial charge in [0, 0.05) is 44.0 Å². The number of aryl methyl sites for hydroxylation is 1. The van der Waals surface area contributed by atoms with Gasteiger partial charge in [0.25, 0.3) is 0 Å². The van der Waals surface area contributed by atoms with Crippen LogP contribution < -0.4 is 10.6 Å². The first-order valence-electron chi connectivity index (χ1n) is 7.40. The number of anilines is 1. The van der Waals surface area contributed by atoms with Crippen molar-refractivity contribution < 1.29 is 0 Å². The van der Waals surface area contributed by atoms with E-state index in [1.807, 2.05) is 0 Å². The van der Waals surface area contributed by atoms with Gasteiger partial charge in [0.2, 0.25) is 0 Å². The second-order valence-corrected chi connectivity index (χ2v) is 5.95. The van der Waals surface area contributed by atoms with Crippen molar-refractivity contribution in [2.24, 2.45) is 0 Å². The van der Waals surface area contributed by atoms with E-state index in [0.717, 1.165) is 39.1 Å². The van der Waals surface area contributed by atoms with Gasteiger partial charge in [-0.2, -0.15) is 0 Å². The second-order valence-electron chi connectivity index (χ2n) is 5.95. The monoisotopic (exact) mass is 261 g/mol. The van der Waals surface area contributed by atoms with E-state index in [9.17, 15) is 0 Å². The summed E-state index contributed by atoms with van der Waals surface area (Å²) in [7, 11) is 0. The third-order valence-electron chi connectivity index (χ3n) is 4.06. The SMILES string of the molecule is CCc1ccc(NCC(C)(C)N2CCNCC2)cc1. The van der Waals surface area contributed by atoms with Crippen LogP contribution in [0.4, 0.5) is 5.69 Å². The molecule has 0 aromatic heterocycles. The van der Waals surface area contributed by atoms with Gasteiger partial charge < -0.3 is 10.6 Å². The fraction of sp³-hybridized carbons (Fsp3) is 0.625. The topological polar surface area (TPSA) is 27.3 Å². The van der Waals surface area contributed by atoms with E-state index in [1.165, 1.54) is 11.3 Å². The fourth-order valence-corrected chi connectivity index (χ4v) is 2.56. The van der Waals surface area contributed by atoms with E-state index in [1.54, 1.807) is 0 Å². The van der Waals surface area contributed by atoms with Gasteiger partial charge in [-0.1, -0.05) is 19.1 Å². The number of nitrogens with zero attached hydrogens (tertiary/aromatic N) is 1.